The fourth-order valence-electron chi connectivity index (χ4n) is 4.04. The second kappa shape index (κ2) is 10.7. The molecule has 0 unspecified atom stereocenters. The molecule has 1 saturated carbocycles. The van der Waals surface area contributed by atoms with Crippen LogP contribution in [0.2, 0.25) is 10.0 Å². The summed E-state index contributed by atoms with van der Waals surface area (Å²) in [6.45, 7) is -0.0978. The predicted molar refractivity (Wildman–Crippen MR) is 145 cm³/mol. The van der Waals surface area contributed by atoms with E-state index in [1.54, 1.807) is 65.1 Å². The fourth-order valence-corrected chi connectivity index (χ4v) is 4.36. The van der Waals surface area contributed by atoms with E-state index < -0.39 is 0 Å². The molecule has 0 bridgehead atoms. The summed E-state index contributed by atoms with van der Waals surface area (Å²) in [7, 11) is 1.55. The van der Waals surface area contributed by atoms with Crippen molar-refractivity contribution in [3.05, 3.63) is 94.6 Å². The van der Waals surface area contributed by atoms with Crippen molar-refractivity contribution < 1.29 is 14.3 Å². The number of carbonyl (C=O) groups excluding carboxylic acids is 2. The number of aromatic nitrogens is 2. The lowest BCUT2D eigenvalue weighted by Gasteiger charge is -2.22. The third-order valence-electron chi connectivity index (χ3n) is 6.06. The fraction of sp³-hybridized carbons (Fsp3) is 0.179. The number of anilines is 1. The van der Waals surface area contributed by atoms with Crippen molar-refractivity contribution in [2.24, 2.45) is 0 Å². The summed E-state index contributed by atoms with van der Waals surface area (Å²) < 4.78 is 7.02. The monoisotopic (exact) mass is 534 g/mol. The average Bonchev–Trinajstić information content (AvgIpc) is 3.67. The van der Waals surface area contributed by atoms with Gasteiger partial charge in [0, 0.05) is 39.1 Å². The van der Waals surface area contributed by atoms with E-state index in [0.717, 1.165) is 24.1 Å². The Balaban J connectivity index is 1.41. The molecule has 0 atom stereocenters. The maximum atomic E-state index is 13.3. The number of hydrogen-bond acceptors (Lipinski definition) is 4. The summed E-state index contributed by atoms with van der Waals surface area (Å²) in [5.74, 6) is 0.349. The summed E-state index contributed by atoms with van der Waals surface area (Å²) in [4.78, 5) is 32.8. The number of rotatable bonds is 8. The van der Waals surface area contributed by atoms with E-state index in [0.29, 0.717) is 33.0 Å². The van der Waals surface area contributed by atoms with Gasteiger partial charge in [-0.2, -0.15) is 0 Å². The molecule has 37 heavy (non-hydrogen) atoms. The van der Waals surface area contributed by atoms with Crippen molar-refractivity contribution in [1.29, 1.82) is 0 Å². The van der Waals surface area contributed by atoms with E-state index >= 15 is 0 Å². The van der Waals surface area contributed by atoms with Gasteiger partial charge in [0.15, 0.2) is 0 Å². The molecule has 1 N–H and O–H groups in total. The number of hydrogen-bond donors (Lipinski definition) is 1. The first-order valence-corrected chi connectivity index (χ1v) is 12.5. The van der Waals surface area contributed by atoms with Gasteiger partial charge >= 0.3 is 0 Å². The van der Waals surface area contributed by atoms with E-state index in [-0.39, 0.29) is 24.4 Å². The quantitative estimate of drug-likeness (QED) is 0.296. The number of imidazole rings is 1. The van der Waals surface area contributed by atoms with E-state index in [4.69, 9.17) is 27.9 Å². The number of methoxy groups -OCH3 is 1. The zero-order chi connectivity index (χ0) is 25.9. The summed E-state index contributed by atoms with van der Waals surface area (Å²) >= 11 is 12.3. The Morgan fingerprint density at radius 3 is 2.49 bits per heavy atom. The molecule has 0 spiro atoms. The van der Waals surface area contributed by atoms with Crippen LogP contribution in [0.1, 0.15) is 23.2 Å². The SMILES string of the molecule is COc1cccc(C(=O)N(CC(=O)Nc2nc(-c3ccc(Cl)cc3)cn2-c2cccc(Cl)c2)C2CC2)c1. The third-order valence-corrected chi connectivity index (χ3v) is 6.55. The van der Waals surface area contributed by atoms with E-state index in [1.807, 2.05) is 30.5 Å². The van der Waals surface area contributed by atoms with Gasteiger partial charge < -0.3 is 9.64 Å². The van der Waals surface area contributed by atoms with Gasteiger partial charge in [0.25, 0.3) is 5.91 Å². The highest BCUT2D eigenvalue weighted by molar-refractivity contribution is 6.31. The van der Waals surface area contributed by atoms with Crippen molar-refractivity contribution in [2.75, 3.05) is 19.0 Å². The highest BCUT2D eigenvalue weighted by Gasteiger charge is 2.34. The molecule has 4 aromatic rings. The first-order valence-electron chi connectivity index (χ1n) is 11.8. The molecule has 1 aliphatic rings. The van der Waals surface area contributed by atoms with Crippen molar-refractivity contribution in [3.63, 3.8) is 0 Å². The van der Waals surface area contributed by atoms with Crippen LogP contribution in [0.3, 0.4) is 0 Å². The van der Waals surface area contributed by atoms with Crippen LogP contribution in [0.25, 0.3) is 16.9 Å². The molecule has 1 aromatic heterocycles. The zero-order valence-electron chi connectivity index (χ0n) is 20.0. The second-order valence-electron chi connectivity index (χ2n) is 8.75. The van der Waals surface area contributed by atoms with Gasteiger partial charge in [0.2, 0.25) is 11.9 Å². The van der Waals surface area contributed by atoms with Gasteiger partial charge in [-0.05, 0) is 61.4 Å². The Morgan fingerprint density at radius 2 is 1.78 bits per heavy atom. The molecule has 9 heteroatoms. The maximum Gasteiger partial charge on any atom is 0.254 e. The van der Waals surface area contributed by atoms with E-state index in [1.165, 1.54) is 0 Å². The van der Waals surface area contributed by atoms with E-state index in [9.17, 15) is 9.59 Å². The smallest absolute Gasteiger partial charge is 0.254 e. The van der Waals surface area contributed by atoms with Crippen molar-refractivity contribution in [1.82, 2.24) is 14.5 Å². The lowest BCUT2D eigenvalue weighted by molar-refractivity contribution is -0.117. The number of amides is 2. The molecule has 0 radical (unpaired) electrons. The first-order chi connectivity index (χ1) is 17.9. The van der Waals surface area contributed by atoms with Crippen LogP contribution in [-0.4, -0.2) is 46.0 Å². The zero-order valence-corrected chi connectivity index (χ0v) is 21.5. The van der Waals surface area contributed by atoms with Crippen molar-refractivity contribution in [2.45, 2.75) is 18.9 Å². The van der Waals surface area contributed by atoms with Gasteiger partial charge in [-0.1, -0.05) is 47.5 Å². The predicted octanol–water partition coefficient (Wildman–Crippen LogP) is 6.10. The van der Waals surface area contributed by atoms with Crippen molar-refractivity contribution >= 4 is 41.0 Å². The van der Waals surface area contributed by atoms with Gasteiger partial charge in [0.05, 0.1) is 12.8 Å². The number of nitrogens with zero attached hydrogens (tertiary/aromatic N) is 3. The minimum Gasteiger partial charge on any atom is -0.497 e. The highest BCUT2D eigenvalue weighted by Crippen LogP contribution is 2.30. The minimum absolute atomic E-state index is 0.0294. The molecule has 1 aliphatic carbocycles. The third kappa shape index (κ3) is 5.79. The molecule has 1 heterocycles. The Morgan fingerprint density at radius 1 is 1.03 bits per heavy atom. The van der Waals surface area contributed by atoms with Gasteiger partial charge in [-0.15, -0.1) is 0 Å². The lowest BCUT2D eigenvalue weighted by Crippen LogP contribution is -2.39. The minimum atomic E-state index is -0.348. The summed E-state index contributed by atoms with van der Waals surface area (Å²) in [6.07, 6.45) is 3.55. The normalized spacial score (nSPS) is 12.7. The van der Waals surface area contributed by atoms with Crippen LogP contribution in [0.5, 0.6) is 5.75 Å². The number of nitrogens with one attached hydrogen (secondary N) is 1. The standard InChI is InChI=1S/C28H24Cl2N4O3/c1-37-24-7-2-4-19(14-24)27(36)33(22-12-13-22)17-26(35)32-28-31-25(18-8-10-20(29)11-9-18)16-34(28)23-6-3-5-21(30)15-23/h2-11,14-16,22H,12-13,17H2,1H3,(H,31,32,35). The molecule has 5 rings (SSSR count). The van der Waals surface area contributed by atoms with E-state index in [2.05, 4.69) is 10.3 Å². The number of halogens is 2. The van der Waals surface area contributed by atoms with Gasteiger partial charge in [-0.25, -0.2) is 4.98 Å². The summed E-state index contributed by atoms with van der Waals surface area (Å²) in [5, 5.41) is 4.07. The number of ether oxygens (including phenoxy) is 1. The molecule has 3 aromatic carbocycles. The lowest BCUT2D eigenvalue weighted by atomic mass is 10.2. The second-order valence-corrected chi connectivity index (χ2v) is 9.62. The van der Waals surface area contributed by atoms with Crippen LogP contribution in [0.15, 0.2) is 79.0 Å². The maximum absolute atomic E-state index is 13.3. The number of carbonyl (C=O) groups is 2. The number of benzene rings is 3. The van der Waals surface area contributed by atoms with Crippen LogP contribution in [0.4, 0.5) is 5.95 Å². The molecule has 7 nitrogen and oxygen atoms in total. The molecule has 0 saturated heterocycles. The topological polar surface area (TPSA) is 76.5 Å². The molecular weight excluding hydrogens is 511 g/mol. The van der Waals surface area contributed by atoms with Crippen molar-refractivity contribution in [3.8, 4) is 22.7 Å². The largest absolute Gasteiger partial charge is 0.497 e. The Bertz CT molecular complexity index is 1450. The molecule has 0 aliphatic heterocycles. The van der Waals surface area contributed by atoms with Crippen LogP contribution in [0, 0.1) is 0 Å². The molecular formula is C28H24Cl2N4O3. The highest BCUT2D eigenvalue weighted by atomic mass is 35.5. The Labute approximate surface area is 224 Å². The Hall–Kier alpha value is -3.81. The van der Waals surface area contributed by atoms with Gasteiger partial charge in [0.1, 0.15) is 12.3 Å². The van der Waals surface area contributed by atoms with Crippen LogP contribution < -0.4 is 10.1 Å². The summed E-state index contributed by atoms with van der Waals surface area (Å²) in [5.41, 5.74) is 2.71. The summed E-state index contributed by atoms with van der Waals surface area (Å²) in [6, 6.07) is 21.5. The first kappa shape index (κ1) is 24.9. The van der Waals surface area contributed by atoms with Crippen LogP contribution in [-0.2, 0) is 4.79 Å². The molecule has 2 amide bonds. The van der Waals surface area contributed by atoms with Crippen LogP contribution >= 0.6 is 23.2 Å². The Kier molecular flexibility index (Phi) is 7.17. The molecule has 188 valence electrons. The average molecular weight is 535 g/mol. The van der Waals surface area contributed by atoms with Gasteiger partial charge in [-0.3, -0.25) is 19.5 Å². The molecule has 1 fully saturated rings.